The summed E-state index contributed by atoms with van der Waals surface area (Å²) in [5.41, 5.74) is 7.01. The van der Waals surface area contributed by atoms with E-state index in [2.05, 4.69) is 14.9 Å². The van der Waals surface area contributed by atoms with E-state index in [1.807, 2.05) is 6.07 Å². The standard InChI is InChI=1S/C12H10N4O3/c1-18-19-12(17)8-2-4-10(5-3-8)16-11(14)9(6-13)7-15-16/h2-5,7H,14H2,1H3. The lowest BCUT2D eigenvalue weighted by Crippen LogP contribution is -2.06. The van der Waals surface area contributed by atoms with Crippen molar-refractivity contribution < 1.29 is 14.6 Å². The minimum absolute atomic E-state index is 0.245. The number of carbonyl (C=O) groups excluding carboxylic acids is 1. The molecule has 0 unspecified atom stereocenters. The highest BCUT2D eigenvalue weighted by atomic mass is 17.2. The number of hydrogen-bond acceptors (Lipinski definition) is 6. The summed E-state index contributed by atoms with van der Waals surface area (Å²) in [6.45, 7) is 0. The molecule has 7 heteroatoms. The molecule has 2 aromatic rings. The summed E-state index contributed by atoms with van der Waals surface area (Å²) in [5.74, 6) is -0.352. The van der Waals surface area contributed by atoms with E-state index in [4.69, 9.17) is 11.0 Å². The van der Waals surface area contributed by atoms with Crippen molar-refractivity contribution in [1.82, 2.24) is 9.78 Å². The van der Waals surface area contributed by atoms with Gasteiger partial charge in [0.15, 0.2) is 0 Å². The van der Waals surface area contributed by atoms with Crippen LogP contribution < -0.4 is 5.73 Å². The van der Waals surface area contributed by atoms with Gasteiger partial charge in [0.25, 0.3) is 0 Å². The van der Waals surface area contributed by atoms with E-state index in [0.29, 0.717) is 16.8 Å². The van der Waals surface area contributed by atoms with Gasteiger partial charge in [0.2, 0.25) is 0 Å². The molecule has 0 atom stereocenters. The summed E-state index contributed by atoms with van der Waals surface area (Å²) in [4.78, 5) is 20.0. The Balaban J connectivity index is 2.30. The molecule has 19 heavy (non-hydrogen) atoms. The van der Waals surface area contributed by atoms with Gasteiger partial charge in [-0.25, -0.2) is 9.48 Å². The number of nitriles is 1. The number of nitrogen functional groups attached to an aromatic ring is 1. The van der Waals surface area contributed by atoms with Crippen LogP contribution in [0.25, 0.3) is 5.69 Å². The molecular weight excluding hydrogens is 248 g/mol. The van der Waals surface area contributed by atoms with Crippen LogP contribution >= 0.6 is 0 Å². The van der Waals surface area contributed by atoms with Crippen LogP contribution in [0, 0.1) is 11.3 Å². The summed E-state index contributed by atoms with van der Waals surface area (Å²) in [7, 11) is 1.25. The Kier molecular flexibility index (Phi) is 3.45. The maximum Gasteiger partial charge on any atom is 0.373 e. The molecule has 0 saturated carbocycles. The van der Waals surface area contributed by atoms with Gasteiger partial charge < -0.3 is 5.73 Å². The van der Waals surface area contributed by atoms with Crippen LogP contribution in [0.5, 0.6) is 0 Å². The van der Waals surface area contributed by atoms with E-state index in [1.165, 1.54) is 18.0 Å². The molecule has 0 saturated heterocycles. The number of rotatable bonds is 3. The highest BCUT2D eigenvalue weighted by Crippen LogP contribution is 2.17. The maximum atomic E-state index is 11.4. The van der Waals surface area contributed by atoms with Gasteiger partial charge in [-0.2, -0.15) is 15.2 Å². The number of hydrogen-bond donors (Lipinski definition) is 1. The number of aromatic nitrogens is 2. The molecule has 2 rings (SSSR count). The van der Waals surface area contributed by atoms with E-state index in [1.54, 1.807) is 24.3 Å². The molecule has 0 aliphatic rings. The third kappa shape index (κ3) is 2.38. The minimum atomic E-state index is -0.597. The Bertz CT molecular complexity index is 640. The topological polar surface area (TPSA) is 103 Å². The van der Waals surface area contributed by atoms with Crippen LogP contribution in [0.1, 0.15) is 15.9 Å². The third-order valence-corrected chi connectivity index (χ3v) is 2.43. The zero-order valence-electron chi connectivity index (χ0n) is 10.0. The van der Waals surface area contributed by atoms with Crippen molar-refractivity contribution in [3.05, 3.63) is 41.6 Å². The Morgan fingerprint density at radius 3 is 2.63 bits per heavy atom. The van der Waals surface area contributed by atoms with Crippen molar-refractivity contribution in [1.29, 1.82) is 5.26 Å². The second kappa shape index (κ2) is 5.20. The van der Waals surface area contributed by atoms with Crippen molar-refractivity contribution in [2.75, 3.05) is 12.8 Å². The van der Waals surface area contributed by atoms with Crippen LogP contribution in [0.4, 0.5) is 5.82 Å². The van der Waals surface area contributed by atoms with Crippen molar-refractivity contribution in [2.24, 2.45) is 0 Å². The first-order chi connectivity index (χ1) is 9.17. The third-order valence-electron chi connectivity index (χ3n) is 2.43. The zero-order chi connectivity index (χ0) is 13.8. The predicted molar refractivity (Wildman–Crippen MR) is 65.1 cm³/mol. The summed E-state index contributed by atoms with van der Waals surface area (Å²) in [5, 5.41) is 12.8. The van der Waals surface area contributed by atoms with Gasteiger partial charge >= 0.3 is 5.97 Å². The zero-order valence-corrected chi connectivity index (χ0v) is 10.0. The van der Waals surface area contributed by atoms with Crippen LogP contribution in [0.2, 0.25) is 0 Å². The lowest BCUT2D eigenvalue weighted by molar-refractivity contribution is -0.216. The monoisotopic (exact) mass is 258 g/mol. The number of nitrogens with zero attached hydrogens (tertiary/aromatic N) is 3. The smallest absolute Gasteiger partial charge is 0.373 e. The Hall–Kier alpha value is -2.85. The van der Waals surface area contributed by atoms with Gasteiger partial charge in [0, 0.05) is 0 Å². The molecule has 0 spiro atoms. The van der Waals surface area contributed by atoms with Crippen LogP contribution in [-0.2, 0) is 9.78 Å². The van der Waals surface area contributed by atoms with Gasteiger partial charge in [-0.15, -0.1) is 0 Å². The molecule has 96 valence electrons. The highest BCUT2D eigenvalue weighted by molar-refractivity contribution is 5.89. The van der Waals surface area contributed by atoms with E-state index < -0.39 is 5.97 Å². The van der Waals surface area contributed by atoms with Gasteiger partial charge in [-0.05, 0) is 24.3 Å². The van der Waals surface area contributed by atoms with Crippen LogP contribution in [0.3, 0.4) is 0 Å². The predicted octanol–water partition coefficient (Wildman–Crippen LogP) is 1.04. The number of benzene rings is 1. The Morgan fingerprint density at radius 1 is 1.42 bits per heavy atom. The van der Waals surface area contributed by atoms with Crippen molar-refractivity contribution >= 4 is 11.8 Å². The molecule has 0 aliphatic carbocycles. The molecule has 1 heterocycles. The molecule has 1 aromatic heterocycles. The van der Waals surface area contributed by atoms with Crippen LogP contribution in [-0.4, -0.2) is 22.9 Å². The lowest BCUT2D eigenvalue weighted by atomic mass is 10.2. The fourth-order valence-electron chi connectivity index (χ4n) is 1.51. The molecule has 0 radical (unpaired) electrons. The lowest BCUT2D eigenvalue weighted by Gasteiger charge is -2.05. The molecule has 2 N–H and O–H groups in total. The van der Waals surface area contributed by atoms with E-state index in [-0.39, 0.29) is 5.82 Å². The quantitative estimate of drug-likeness (QED) is 0.651. The van der Waals surface area contributed by atoms with Gasteiger partial charge in [0.05, 0.1) is 24.6 Å². The molecular formula is C12H10N4O3. The first kappa shape index (κ1) is 12.6. The van der Waals surface area contributed by atoms with Crippen molar-refractivity contribution in [2.45, 2.75) is 0 Å². The first-order valence-electron chi connectivity index (χ1n) is 5.26. The molecule has 0 bridgehead atoms. The average molecular weight is 258 g/mol. The summed E-state index contributed by atoms with van der Waals surface area (Å²) in [6.07, 6.45) is 1.38. The SMILES string of the molecule is COOC(=O)c1ccc(-n2ncc(C#N)c2N)cc1. The van der Waals surface area contributed by atoms with Crippen LogP contribution in [0.15, 0.2) is 30.5 Å². The Morgan fingerprint density at radius 2 is 2.11 bits per heavy atom. The van der Waals surface area contributed by atoms with E-state index >= 15 is 0 Å². The van der Waals surface area contributed by atoms with E-state index in [9.17, 15) is 4.79 Å². The molecule has 7 nitrogen and oxygen atoms in total. The molecule has 0 amide bonds. The van der Waals surface area contributed by atoms with Gasteiger partial charge in [-0.3, -0.25) is 4.89 Å². The average Bonchev–Trinajstić information content (AvgIpc) is 2.80. The highest BCUT2D eigenvalue weighted by Gasteiger charge is 2.11. The summed E-state index contributed by atoms with van der Waals surface area (Å²) in [6, 6.07) is 8.30. The molecule has 0 fully saturated rings. The molecule has 0 aliphatic heterocycles. The summed E-state index contributed by atoms with van der Waals surface area (Å²) < 4.78 is 1.41. The second-order valence-electron chi connectivity index (χ2n) is 3.55. The normalized spacial score (nSPS) is 9.89. The summed E-state index contributed by atoms with van der Waals surface area (Å²) >= 11 is 0. The fourth-order valence-corrected chi connectivity index (χ4v) is 1.51. The maximum absolute atomic E-state index is 11.4. The fraction of sp³-hybridized carbons (Fsp3) is 0.0833. The number of carbonyl (C=O) groups is 1. The van der Waals surface area contributed by atoms with Crippen molar-refractivity contribution in [3.8, 4) is 11.8 Å². The largest absolute Gasteiger partial charge is 0.382 e. The Labute approximate surface area is 108 Å². The van der Waals surface area contributed by atoms with E-state index in [0.717, 1.165) is 0 Å². The number of anilines is 1. The van der Waals surface area contributed by atoms with Crippen molar-refractivity contribution in [3.63, 3.8) is 0 Å². The number of nitrogens with two attached hydrogens (primary N) is 1. The second-order valence-corrected chi connectivity index (χ2v) is 3.55. The minimum Gasteiger partial charge on any atom is -0.382 e. The molecule has 1 aromatic carbocycles. The van der Waals surface area contributed by atoms with Gasteiger partial charge in [0.1, 0.15) is 17.5 Å². The van der Waals surface area contributed by atoms with Gasteiger partial charge in [-0.1, -0.05) is 0 Å². The first-order valence-corrected chi connectivity index (χ1v) is 5.26.